The highest BCUT2D eigenvalue weighted by Crippen LogP contribution is 2.29. The summed E-state index contributed by atoms with van der Waals surface area (Å²) in [4.78, 5) is 11.3. The van der Waals surface area contributed by atoms with Crippen LogP contribution in [0.1, 0.15) is 5.56 Å². The summed E-state index contributed by atoms with van der Waals surface area (Å²) in [7, 11) is 0. The molecule has 0 saturated carbocycles. The number of nitriles is 1. The van der Waals surface area contributed by atoms with Crippen molar-refractivity contribution in [2.75, 3.05) is 37.5 Å². The fourth-order valence-corrected chi connectivity index (χ4v) is 2.91. The van der Waals surface area contributed by atoms with Crippen molar-refractivity contribution in [1.29, 1.82) is 5.26 Å². The fraction of sp³-hybridized carbons (Fsp3) is 0.312. The molecule has 0 aliphatic carbocycles. The number of rotatable bonds is 3. The molecule has 1 aromatic heterocycles. The largest absolute Gasteiger partial charge is 0.378 e. The van der Waals surface area contributed by atoms with E-state index in [2.05, 4.69) is 20.9 Å². The summed E-state index contributed by atoms with van der Waals surface area (Å²) in [6.07, 6.45) is 1.93. The van der Waals surface area contributed by atoms with Gasteiger partial charge in [-0.1, -0.05) is 30.3 Å². The lowest BCUT2D eigenvalue weighted by molar-refractivity contribution is 0.122. The van der Waals surface area contributed by atoms with Crippen molar-refractivity contribution in [1.82, 2.24) is 9.97 Å². The van der Waals surface area contributed by atoms with E-state index in [0.29, 0.717) is 30.4 Å². The van der Waals surface area contributed by atoms with Crippen LogP contribution >= 0.6 is 11.8 Å². The first-order valence-corrected chi connectivity index (χ1v) is 8.30. The summed E-state index contributed by atoms with van der Waals surface area (Å²) in [5.74, 6) is 1.37. The molecule has 0 unspecified atom stereocenters. The molecule has 0 N–H and O–H groups in total. The van der Waals surface area contributed by atoms with Crippen LogP contribution in [0.25, 0.3) is 11.4 Å². The van der Waals surface area contributed by atoms with Crippen LogP contribution in [0.2, 0.25) is 0 Å². The van der Waals surface area contributed by atoms with Gasteiger partial charge in [0.25, 0.3) is 0 Å². The SMILES string of the molecule is CSc1nc(-c2ccccc2)nc(N2CCOCC2)c1C#N. The third-order valence-electron chi connectivity index (χ3n) is 3.50. The zero-order valence-electron chi connectivity index (χ0n) is 12.3. The first kappa shape index (κ1) is 14.8. The van der Waals surface area contributed by atoms with E-state index >= 15 is 0 Å². The molecule has 3 rings (SSSR count). The molecule has 1 aromatic carbocycles. The molecule has 22 heavy (non-hydrogen) atoms. The first-order valence-electron chi connectivity index (χ1n) is 7.07. The lowest BCUT2D eigenvalue weighted by Gasteiger charge is -2.29. The van der Waals surface area contributed by atoms with Crippen LogP contribution in [0.5, 0.6) is 0 Å². The number of anilines is 1. The molecule has 0 radical (unpaired) electrons. The van der Waals surface area contributed by atoms with Gasteiger partial charge in [-0.15, -0.1) is 11.8 Å². The van der Waals surface area contributed by atoms with E-state index in [-0.39, 0.29) is 0 Å². The Kier molecular flexibility index (Phi) is 4.56. The Morgan fingerprint density at radius 2 is 1.91 bits per heavy atom. The Morgan fingerprint density at radius 3 is 2.55 bits per heavy atom. The van der Waals surface area contributed by atoms with E-state index in [1.165, 1.54) is 11.8 Å². The Balaban J connectivity index is 2.12. The van der Waals surface area contributed by atoms with Gasteiger partial charge < -0.3 is 9.64 Å². The second-order valence-electron chi connectivity index (χ2n) is 4.83. The quantitative estimate of drug-likeness (QED) is 0.641. The Morgan fingerprint density at radius 1 is 1.18 bits per heavy atom. The molecule has 1 aliphatic heterocycles. The van der Waals surface area contributed by atoms with Crippen molar-refractivity contribution >= 4 is 17.6 Å². The van der Waals surface area contributed by atoms with Crippen molar-refractivity contribution in [3.05, 3.63) is 35.9 Å². The Hall–Kier alpha value is -2.10. The van der Waals surface area contributed by atoms with Crippen molar-refractivity contribution in [3.8, 4) is 17.5 Å². The van der Waals surface area contributed by atoms with Gasteiger partial charge in [0.15, 0.2) is 11.6 Å². The number of benzene rings is 1. The second kappa shape index (κ2) is 6.77. The number of ether oxygens (including phenoxy) is 1. The smallest absolute Gasteiger partial charge is 0.162 e. The molecule has 5 nitrogen and oxygen atoms in total. The standard InChI is InChI=1S/C16H16N4OS/c1-22-16-13(11-17)15(20-7-9-21-10-8-20)18-14(19-16)12-5-3-2-4-6-12/h2-6H,7-10H2,1H3. The van der Waals surface area contributed by atoms with Crippen LogP contribution in [0.3, 0.4) is 0 Å². The highest BCUT2D eigenvalue weighted by atomic mass is 32.2. The molecule has 0 bridgehead atoms. The summed E-state index contributed by atoms with van der Waals surface area (Å²) in [6.45, 7) is 2.80. The summed E-state index contributed by atoms with van der Waals surface area (Å²) in [5.41, 5.74) is 1.51. The highest BCUT2D eigenvalue weighted by Gasteiger charge is 2.21. The molecule has 1 saturated heterocycles. The monoisotopic (exact) mass is 312 g/mol. The molecular formula is C16H16N4OS. The predicted octanol–water partition coefficient (Wildman–Crippen LogP) is 2.57. The summed E-state index contributed by atoms with van der Waals surface area (Å²) < 4.78 is 5.39. The minimum Gasteiger partial charge on any atom is -0.378 e. The van der Waals surface area contributed by atoms with Crippen molar-refractivity contribution in [2.45, 2.75) is 5.03 Å². The van der Waals surface area contributed by atoms with Crippen LogP contribution in [-0.2, 0) is 4.74 Å². The molecule has 2 heterocycles. The molecule has 0 spiro atoms. The molecule has 0 amide bonds. The number of nitrogens with zero attached hydrogens (tertiary/aromatic N) is 4. The molecule has 112 valence electrons. The van der Waals surface area contributed by atoms with Gasteiger partial charge in [0, 0.05) is 18.7 Å². The predicted molar refractivity (Wildman–Crippen MR) is 87.0 cm³/mol. The number of morpholine rings is 1. The fourth-order valence-electron chi connectivity index (χ4n) is 2.39. The van der Waals surface area contributed by atoms with E-state index < -0.39 is 0 Å². The number of aromatic nitrogens is 2. The van der Waals surface area contributed by atoms with Gasteiger partial charge >= 0.3 is 0 Å². The third-order valence-corrected chi connectivity index (χ3v) is 4.19. The molecule has 1 fully saturated rings. The summed E-state index contributed by atoms with van der Waals surface area (Å²) in [5, 5.41) is 10.2. The van der Waals surface area contributed by atoms with E-state index in [0.717, 1.165) is 23.7 Å². The van der Waals surface area contributed by atoms with Gasteiger partial charge in [0.05, 0.1) is 13.2 Å². The van der Waals surface area contributed by atoms with E-state index in [4.69, 9.17) is 4.74 Å². The number of hydrogen-bond acceptors (Lipinski definition) is 6. The van der Waals surface area contributed by atoms with Crippen LogP contribution in [0.4, 0.5) is 5.82 Å². The number of thioether (sulfide) groups is 1. The third kappa shape index (κ3) is 2.91. The van der Waals surface area contributed by atoms with Crippen molar-refractivity contribution in [3.63, 3.8) is 0 Å². The van der Waals surface area contributed by atoms with Gasteiger partial charge in [-0.05, 0) is 6.26 Å². The van der Waals surface area contributed by atoms with Crippen molar-refractivity contribution < 1.29 is 4.74 Å². The molecule has 2 aromatic rings. The van der Waals surface area contributed by atoms with Gasteiger partial charge in [-0.3, -0.25) is 0 Å². The van der Waals surface area contributed by atoms with E-state index in [1.807, 2.05) is 36.6 Å². The topological polar surface area (TPSA) is 62.0 Å². The minimum atomic E-state index is 0.550. The lowest BCUT2D eigenvalue weighted by atomic mass is 10.2. The van der Waals surface area contributed by atoms with Gasteiger partial charge in [0.2, 0.25) is 0 Å². The van der Waals surface area contributed by atoms with Gasteiger partial charge in [-0.2, -0.15) is 5.26 Å². The first-order chi connectivity index (χ1) is 10.8. The van der Waals surface area contributed by atoms with Crippen LogP contribution in [0.15, 0.2) is 35.4 Å². The maximum Gasteiger partial charge on any atom is 0.162 e. The molecule has 0 atom stereocenters. The Labute approximate surface area is 134 Å². The average molecular weight is 312 g/mol. The lowest BCUT2D eigenvalue weighted by Crippen LogP contribution is -2.37. The molecule has 6 heteroatoms. The summed E-state index contributed by atoms with van der Waals surface area (Å²) >= 11 is 1.48. The van der Waals surface area contributed by atoms with Gasteiger partial charge in [0.1, 0.15) is 16.7 Å². The molecular weight excluding hydrogens is 296 g/mol. The maximum atomic E-state index is 9.52. The molecule has 1 aliphatic rings. The normalized spacial score (nSPS) is 14.6. The summed E-state index contributed by atoms with van der Waals surface area (Å²) in [6, 6.07) is 12.1. The number of hydrogen-bond donors (Lipinski definition) is 0. The van der Waals surface area contributed by atoms with Crippen LogP contribution in [-0.4, -0.2) is 42.5 Å². The average Bonchev–Trinajstić information content (AvgIpc) is 2.62. The second-order valence-corrected chi connectivity index (χ2v) is 5.63. The van der Waals surface area contributed by atoms with Crippen LogP contribution < -0.4 is 4.90 Å². The van der Waals surface area contributed by atoms with Gasteiger partial charge in [-0.25, -0.2) is 9.97 Å². The van der Waals surface area contributed by atoms with E-state index in [9.17, 15) is 5.26 Å². The van der Waals surface area contributed by atoms with Crippen LogP contribution in [0, 0.1) is 11.3 Å². The zero-order chi connectivity index (χ0) is 15.4. The zero-order valence-corrected chi connectivity index (χ0v) is 13.1. The van der Waals surface area contributed by atoms with Crippen molar-refractivity contribution in [2.24, 2.45) is 0 Å². The highest BCUT2D eigenvalue weighted by molar-refractivity contribution is 7.98. The maximum absolute atomic E-state index is 9.52. The Bertz CT molecular complexity index is 693. The van der Waals surface area contributed by atoms with E-state index in [1.54, 1.807) is 0 Å². The minimum absolute atomic E-state index is 0.550.